The van der Waals surface area contributed by atoms with Crippen molar-refractivity contribution in [2.75, 3.05) is 48.1 Å². The number of hydrogen-bond acceptors (Lipinski definition) is 12. The van der Waals surface area contributed by atoms with Gasteiger partial charge in [0.15, 0.2) is 0 Å². The Kier molecular flexibility index (Phi) is 23.0. The van der Waals surface area contributed by atoms with E-state index in [2.05, 4.69) is 26.7 Å². The number of amides is 1. The zero-order valence-corrected chi connectivity index (χ0v) is 44.6. The maximum absolute atomic E-state index is 11.8. The summed E-state index contributed by atoms with van der Waals surface area (Å²) in [4.78, 5) is 45.1. The normalized spacial score (nSPS) is 16.3. The van der Waals surface area contributed by atoms with Crippen molar-refractivity contribution >= 4 is 95.8 Å². The standard InChI is InChI=1S/C12H17N3O2Se.C11H16N4OSe.C10H13NO2Se.C7H8ClN.C6H10O/c1-15(2)14-13-10-8-6-4-5-7-9(8)18-11(10)12(16)17-3;1-15(2)14-13-9-7-5-3-4-6-8(7)17-10(9)11(12)16;1-13-10(12)9-8(11)6-4-2-3-5-7(6)14-9;8-7-4-2-1-3-6(7)5-9;7-6-4-2-1-3-5-6/h4-7H2,1-3H3;3-6H2,1-2H3,(H2,12,16);2-5,11H2,1H3;1-4H2;1-5H2. The number of nitrogens with two attached hydrogens (primary N) is 2. The Balaban J connectivity index is 0.000000184. The van der Waals surface area contributed by atoms with E-state index in [1.807, 2.05) is 28.2 Å². The number of hydrogen-bond donors (Lipinski definition) is 2. The van der Waals surface area contributed by atoms with Gasteiger partial charge >= 0.3 is 307 Å². The number of halogens is 1. The van der Waals surface area contributed by atoms with Crippen LogP contribution < -0.4 is 11.5 Å². The SMILES string of the molecule is CN(C)N=Nc1c(C(N)=O)[se]c2c1CCCC2.COC(=O)c1[se]c2c(c1N)CCCC2.COC(=O)c1[se]c2c(c1N=NN(C)C)CCCC2.N#CC1=C(Cl)CCCC1.O=C1CCCCC1. The predicted molar refractivity (Wildman–Crippen MR) is 257 cm³/mol. The number of nitrogens with zero attached hydrogens (tertiary/aromatic N) is 7. The number of anilines is 1. The summed E-state index contributed by atoms with van der Waals surface area (Å²) in [7, 11) is 10.1. The Bertz CT molecular complexity index is 2240. The van der Waals surface area contributed by atoms with Gasteiger partial charge in [-0.15, -0.1) is 0 Å². The number of carbonyl (C=O) groups excluding carboxylic acids is 4. The molecule has 0 saturated heterocycles. The van der Waals surface area contributed by atoms with E-state index >= 15 is 0 Å². The van der Waals surface area contributed by atoms with Crippen LogP contribution in [0.25, 0.3) is 0 Å². The fraction of sp³-hybridized carbons (Fsp3) is 0.587. The number of nitrogen functional groups attached to an aromatic ring is 1. The van der Waals surface area contributed by atoms with Crippen LogP contribution in [0.1, 0.15) is 154 Å². The van der Waals surface area contributed by atoms with E-state index in [0.717, 1.165) is 121 Å². The molecule has 3 aromatic heterocycles. The minimum Gasteiger partial charge on any atom is -0.300 e. The Morgan fingerprint density at radius 2 is 1.00 bits per heavy atom. The number of Topliss-reactive ketones (excluding diaryl/α,β-unsaturated/α-hetero) is 1. The summed E-state index contributed by atoms with van der Waals surface area (Å²) in [5.41, 5.74) is 18.1. The average molecular weight is 1110 g/mol. The van der Waals surface area contributed by atoms with Crippen LogP contribution in [0.3, 0.4) is 0 Å². The number of aryl methyl sites for hydroxylation is 3. The molecule has 19 heteroatoms. The van der Waals surface area contributed by atoms with E-state index in [1.54, 1.807) is 10.0 Å². The molecule has 0 atom stereocenters. The number of esters is 2. The molecule has 0 spiro atoms. The molecule has 354 valence electrons. The third-order valence-corrected chi connectivity index (χ3v) is 19.5. The van der Waals surface area contributed by atoms with Gasteiger partial charge in [-0.25, -0.2) is 0 Å². The maximum atomic E-state index is 11.8. The molecule has 0 radical (unpaired) electrons. The first kappa shape index (κ1) is 53.8. The Morgan fingerprint density at radius 1 is 0.600 bits per heavy atom. The quantitative estimate of drug-likeness (QED) is 0.0997. The predicted octanol–water partition coefficient (Wildman–Crippen LogP) is 8.34. The molecule has 3 heterocycles. The molecule has 0 aliphatic heterocycles. The van der Waals surface area contributed by atoms with Crippen molar-refractivity contribution < 1.29 is 28.7 Å². The third-order valence-electron chi connectivity index (χ3n) is 11.1. The van der Waals surface area contributed by atoms with Crippen molar-refractivity contribution in [2.24, 2.45) is 26.4 Å². The van der Waals surface area contributed by atoms with Gasteiger partial charge in [0.2, 0.25) is 0 Å². The summed E-state index contributed by atoms with van der Waals surface area (Å²) in [6, 6.07) is 2.10. The number of fused-ring (bicyclic) bond motifs is 3. The summed E-state index contributed by atoms with van der Waals surface area (Å²) in [5.74, 6) is -0.368. The zero-order chi connectivity index (χ0) is 47.5. The topological polar surface area (TPSA) is 218 Å². The molecule has 65 heavy (non-hydrogen) atoms. The largest absolute Gasteiger partial charge is 0.300 e. The summed E-state index contributed by atoms with van der Waals surface area (Å²) in [6.07, 6.45) is 22.9. The average Bonchev–Trinajstić information content (AvgIpc) is 3.99. The van der Waals surface area contributed by atoms with Gasteiger partial charge in [-0.2, -0.15) is 5.26 Å². The van der Waals surface area contributed by atoms with Gasteiger partial charge < -0.3 is 0 Å². The monoisotopic (exact) mass is 1110 g/mol. The second-order valence-electron chi connectivity index (χ2n) is 16.5. The van der Waals surface area contributed by atoms with Crippen LogP contribution in [0.15, 0.2) is 31.3 Å². The van der Waals surface area contributed by atoms with Crippen LogP contribution in [-0.2, 0) is 52.8 Å². The number of allylic oxidation sites excluding steroid dienone is 2. The number of nitriles is 1. The third kappa shape index (κ3) is 16.2. The second kappa shape index (κ2) is 27.7. The van der Waals surface area contributed by atoms with Crippen molar-refractivity contribution in [3.8, 4) is 6.07 Å². The van der Waals surface area contributed by atoms with Crippen LogP contribution in [-0.4, -0.2) is 120 Å². The van der Waals surface area contributed by atoms with Gasteiger partial charge in [0.25, 0.3) is 0 Å². The number of ether oxygens (including phenoxy) is 2. The van der Waals surface area contributed by atoms with Crippen LogP contribution >= 0.6 is 11.6 Å². The number of methoxy groups -OCH3 is 2. The van der Waals surface area contributed by atoms with E-state index in [0.29, 0.717) is 15.9 Å². The molecule has 5 aliphatic rings. The molecular formula is C46H64ClN9O6Se3. The van der Waals surface area contributed by atoms with Crippen molar-refractivity contribution in [3.63, 3.8) is 0 Å². The zero-order valence-electron chi connectivity index (χ0n) is 38.7. The van der Waals surface area contributed by atoms with E-state index in [1.165, 1.54) is 89.2 Å². The molecule has 0 unspecified atom stereocenters. The Morgan fingerprint density at radius 3 is 1.42 bits per heavy atom. The molecule has 0 bridgehead atoms. The second-order valence-corrected chi connectivity index (χ2v) is 23.9. The number of rotatable bonds is 7. The summed E-state index contributed by atoms with van der Waals surface area (Å²) in [6.45, 7) is 0. The summed E-state index contributed by atoms with van der Waals surface area (Å²) >= 11 is 6.02. The first-order valence-electron chi connectivity index (χ1n) is 22.3. The number of primary amides is 1. The van der Waals surface area contributed by atoms with Gasteiger partial charge in [-0.1, -0.05) is 18.0 Å². The maximum Gasteiger partial charge on any atom is 0.132 e. The van der Waals surface area contributed by atoms with Crippen molar-refractivity contribution in [2.45, 2.75) is 135 Å². The molecule has 1 fully saturated rings. The van der Waals surface area contributed by atoms with Crippen LogP contribution in [0, 0.1) is 11.3 Å². The first-order valence-corrected chi connectivity index (χ1v) is 27.8. The van der Waals surface area contributed by atoms with Crippen LogP contribution in [0.5, 0.6) is 0 Å². The van der Waals surface area contributed by atoms with E-state index in [9.17, 15) is 19.2 Å². The van der Waals surface area contributed by atoms with Gasteiger partial charge in [0.05, 0.1) is 6.07 Å². The molecule has 1 amide bonds. The minimum absolute atomic E-state index is 0.0717. The molecule has 0 aromatic carbocycles. The molecule has 5 aliphatic carbocycles. The van der Waals surface area contributed by atoms with E-state index in [-0.39, 0.29) is 61.4 Å². The van der Waals surface area contributed by atoms with Crippen LogP contribution in [0.2, 0.25) is 0 Å². The van der Waals surface area contributed by atoms with Crippen molar-refractivity contribution in [1.82, 2.24) is 10.0 Å². The Hall–Kier alpha value is -3.80. The number of carbonyl (C=O) groups is 4. The first-order chi connectivity index (χ1) is 31.2. The molecule has 15 nitrogen and oxygen atoms in total. The van der Waals surface area contributed by atoms with E-state index in [4.69, 9.17) is 37.8 Å². The minimum atomic E-state index is -0.341. The molecule has 1 saturated carbocycles. The molecular weight excluding hydrogens is 1050 g/mol. The summed E-state index contributed by atoms with van der Waals surface area (Å²) in [5, 5.41) is 29.0. The summed E-state index contributed by atoms with van der Waals surface area (Å²) < 4.78 is 15.9. The van der Waals surface area contributed by atoms with Gasteiger partial charge in [0, 0.05) is 23.4 Å². The van der Waals surface area contributed by atoms with Gasteiger partial charge in [-0.05, 0) is 38.5 Å². The van der Waals surface area contributed by atoms with Crippen molar-refractivity contribution in [1.29, 1.82) is 5.26 Å². The fourth-order valence-electron chi connectivity index (χ4n) is 7.74. The Labute approximate surface area is 406 Å². The van der Waals surface area contributed by atoms with E-state index < -0.39 is 0 Å². The molecule has 4 N–H and O–H groups in total. The molecule has 3 aromatic rings. The fourth-order valence-corrected chi connectivity index (χ4v) is 15.7. The van der Waals surface area contributed by atoms with Gasteiger partial charge in [0.1, 0.15) is 5.78 Å². The molecule has 8 rings (SSSR count). The van der Waals surface area contributed by atoms with Crippen molar-refractivity contribution in [3.05, 3.63) is 53.9 Å². The van der Waals surface area contributed by atoms with Gasteiger partial charge in [-0.3, -0.25) is 4.79 Å². The van der Waals surface area contributed by atoms with Crippen LogP contribution in [0.4, 0.5) is 17.1 Å². The smallest absolute Gasteiger partial charge is 0.132 e. The number of ketones is 1.